The molecule has 0 spiro atoms. The van der Waals surface area contributed by atoms with E-state index < -0.39 is 0 Å². The van der Waals surface area contributed by atoms with Gasteiger partial charge in [-0.25, -0.2) is 4.39 Å². The number of anilines is 2. The van der Waals surface area contributed by atoms with Crippen molar-refractivity contribution >= 4 is 57.2 Å². The topological polar surface area (TPSA) is 23.6 Å². The maximum atomic E-state index is 15.0. The number of rotatable bonds is 2. The molecule has 2 aliphatic heterocycles. The number of amides is 1. The number of nitrogens with zero attached hydrogens (tertiary/aromatic N) is 2. The number of thiocarbonyl (C=S) groups is 1. The van der Waals surface area contributed by atoms with Gasteiger partial charge in [-0.1, -0.05) is 48.3 Å². The molecule has 3 nitrogen and oxygen atoms in total. The average molecular weight is 425 g/mol. The number of thioether (sulfide) groups is 1. The van der Waals surface area contributed by atoms with Gasteiger partial charge in [0, 0.05) is 23.9 Å². The predicted octanol–water partition coefficient (Wildman–Crippen LogP) is 5.86. The molecule has 2 heterocycles. The van der Waals surface area contributed by atoms with Crippen LogP contribution >= 0.6 is 24.0 Å². The molecular weight excluding hydrogens is 403 g/mol. The SMILES string of the molecule is CC1=CC(C)(C)N(C)c2cc(F)c(/C=C3/SC(=S)N(c4ccccc4)C3=O)cc21. The van der Waals surface area contributed by atoms with Crippen LogP contribution in [0.15, 0.2) is 53.4 Å². The fourth-order valence-electron chi connectivity index (χ4n) is 3.71. The molecule has 0 radical (unpaired) electrons. The van der Waals surface area contributed by atoms with Crippen molar-refractivity contribution in [1.29, 1.82) is 0 Å². The van der Waals surface area contributed by atoms with E-state index in [0.717, 1.165) is 16.8 Å². The van der Waals surface area contributed by atoms with Gasteiger partial charge in [-0.3, -0.25) is 9.69 Å². The standard InChI is InChI=1S/C23H21FN2OS2/c1-14-13-23(2,3)25(4)19-12-18(24)15(10-17(14)19)11-20-21(27)26(22(28)29-20)16-8-6-5-7-9-16/h5-13H,1-4H3/b20-11+. The minimum Gasteiger partial charge on any atom is -0.365 e. The summed E-state index contributed by atoms with van der Waals surface area (Å²) >= 11 is 6.60. The van der Waals surface area contributed by atoms with Gasteiger partial charge in [0.05, 0.1) is 16.1 Å². The number of carbonyl (C=O) groups is 1. The summed E-state index contributed by atoms with van der Waals surface area (Å²) in [6.45, 7) is 6.23. The molecule has 29 heavy (non-hydrogen) atoms. The summed E-state index contributed by atoms with van der Waals surface area (Å²) in [6, 6.07) is 12.6. The van der Waals surface area contributed by atoms with E-state index in [-0.39, 0.29) is 17.3 Å². The predicted molar refractivity (Wildman–Crippen MR) is 125 cm³/mol. The largest absolute Gasteiger partial charge is 0.365 e. The second kappa shape index (κ2) is 7.11. The number of allylic oxidation sites excluding steroid dienone is 1. The number of hydrogen-bond donors (Lipinski definition) is 0. The molecule has 0 saturated carbocycles. The molecule has 148 valence electrons. The van der Waals surface area contributed by atoms with Crippen LogP contribution in [0.5, 0.6) is 0 Å². The van der Waals surface area contributed by atoms with E-state index in [2.05, 4.69) is 24.8 Å². The number of fused-ring (bicyclic) bond motifs is 1. The Morgan fingerprint density at radius 2 is 1.86 bits per heavy atom. The summed E-state index contributed by atoms with van der Waals surface area (Å²) in [5.41, 5.74) is 3.82. The van der Waals surface area contributed by atoms with E-state index >= 15 is 0 Å². The van der Waals surface area contributed by atoms with Crippen LogP contribution in [0.4, 0.5) is 15.8 Å². The lowest BCUT2D eigenvalue weighted by molar-refractivity contribution is -0.113. The highest BCUT2D eigenvalue weighted by Crippen LogP contribution is 2.41. The van der Waals surface area contributed by atoms with E-state index in [1.165, 1.54) is 16.7 Å². The minimum absolute atomic E-state index is 0.191. The molecule has 0 atom stereocenters. The van der Waals surface area contributed by atoms with Gasteiger partial charge in [-0.05, 0) is 56.7 Å². The average Bonchev–Trinajstić information content (AvgIpc) is 2.95. The van der Waals surface area contributed by atoms with Gasteiger partial charge in [0.25, 0.3) is 5.91 Å². The van der Waals surface area contributed by atoms with E-state index in [1.807, 2.05) is 50.4 Å². The maximum absolute atomic E-state index is 15.0. The lowest BCUT2D eigenvalue weighted by Crippen LogP contribution is -2.42. The summed E-state index contributed by atoms with van der Waals surface area (Å²) in [7, 11) is 1.96. The van der Waals surface area contributed by atoms with E-state index in [0.29, 0.717) is 20.5 Å². The van der Waals surface area contributed by atoms with E-state index in [1.54, 1.807) is 12.1 Å². The first-order valence-electron chi connectivity index (χ1n) is 9.29. The Morgan fingerprint density at radius 3 is 2.55 bits per heavy atom. The molecule has 0 unspecified atom stereocenters. The normalized spacial score (nSPS) is 19.6. The molecule has 4 rings (SSSR count). The molecular formula is C23H21FN2OS2. The highest BCUT2D eigenvalue weighted by atomic mass is 32.2. The van der Waals surface area contributed by atoms with Crippen molar-refractivity contribution in [3.63, 3.8) is 0 Å². The third-order valence-corrected chi connectivity index (χ3v) is 6.73. The van der Waals surface area contributed by atoms with Gasteiger partial charge >= 0.3 is 0 Å². The Morgan fingerprint density at radius 1 is 1.17 bits per heavy atom. The zero-order chi connectivity index (χ0) is 20.9. The highest BCUT2D eigenvalue weighted by molar-refractivity contribution is 8.27. The Labute approximate surface area is 179 Å². The molecule has 1 fully saturated rings. The number of hydrogen-bond acceptors (Lipinski definition) is 4. The van der Waals surface area contributed by atoms with Crippen molar-refractivity contribution in [2.24, 2.45) is 0 Å². The molecule has 1 amide bonds. The van der Waals surface area contributed by atoms with Gasteiger partial charge in [0.2, 0.25) is 0 Å². The quantitative estimate of drug-likeness (QED) is 0.445. The van der Waals surface area contributed by atoms with Gasteiger partial charge in [-0.15, -0.1) is 0 Å². The zero-order valence-corrected chi connectivity index (χ0v) is 18.3. The summed E-state index contributed by atoms with van der Waals surface area (Å²) in [5, 5.41) is 0. The number of carbonyl (C=O) groups excluding carboxylic acids is 1. The monoisotopic (exact) mass is 424 g/mol. The maximum Gasteiger partial charge on any atom is 0.270 e. The molecule has 0 bridgehead atoms. The molecule has 2 aliphatic rings. The van der Waals surface area contributed by atoms with Crippen LogP contribution < -0.4 is 9.80 Å². The van der Waals surface area contributed by atoms with Gasteiger partial charge in [-0.2, -0.15) is 0 Å². The van der Waals surface area contributed by atoms with Crippen LogP contribution in [0.1, 0.15) is 31.9 Å². The van der Waals surface area contributed by atoms with E-state index in [4.69, 9.17) is 12.2 Å². The summed E-state index contributed by atoms with van der Waals surface area (Å²) in [5.74, 6) is -0.583. The first-order valence-corrected chi connectivity index (χ1v) is 10.5. The Bertz CT molecular complexity index is 1090. The van der Waals surface area contributed by atoms with Crippen LogP contribution in [-0.2, 0) is 4.79 Å². The first-order chi connectivity index (χ1) is 13.7. The van der Waals surface area contributed by atoms with Crippen molar-refractivity contribution in [3.8, 4) is 0 Å². The molecule has 0 aliphatic carbocycles. The van der Waals surface area contributed by atoms with Gasteiger partial charge in [0.15, 0.2) is 4.32 Å². The zero-order valence-electron chi connectivity index (χ0n) is 16.7. The summed E-state index contributed by atoms with van der Waals surface area (Å²) in [6.07, 6.45) is 3.77. The van der Waals surface area contributed by atoms with Crippen molar-refractivity contribution in [3.05, 3.63) is 70.4 Å². The fraction of sp³-hybridized carbons (Fsp3) is 0.217. The number of benzene rings is 2. The van der Waals surface area contributed by atoms with Gasteiger partial charge < -0.3 is 4.90 Å². The van der Waals surface area contributed by atoms with Crippen molar-refractivity contribution in [2.75, 3.05) is 16.8 Å². The first kappa shape index (κ1) is 19.9. The third kappa shape index (κ3) is 3.40. The van der Waals surface area contributed by atoms with Crippen molar-refractivity contribution < 1.29 is 9.18 Å². The van der Waals surface area contributed by atoms with Crippen molar-refractivity contribution in [1.82, 2.24) is 0 Å². The summed E-state index contributed by atoms with van der Waals surface area (Å²) in [4.78, 5) is 16.9. The number of likely N-dealkylation sites (N-methyl/N-ethyl adjacent to an activating group) is 1. The van der Waals surface area contributed by atoms with Crippen molar-refractivity contribution in [2.45, 2.75) is 26.3 Å². The lowest BCUT2D eigenvalue weighted by Gasteiger charge is -2.40. The summed E-state index contributed by atoms with van der Waals surface area (Å²) < 4.78 is 15.4. The molecule has 1 saturated heterocycles. The minimum atomic E-state index is -0.355. The molecule has 0 aromatic heterocycles. The fourth-order valence-corrected chi connectivity index (χ4v) is 5.00. The van der Waals surface area contributed by atoms with Crippen LogP contribution in [0.3, 0.4) is 0 Å². The second-order valence-electron chi connectivity index (χ2n) is 7.78. The smallest absolute Gasteiger partial charge is 0.270 e. The molecule has 2 aromatic carbocycles. The van der Waals surface area contributed by atoms with Crippen LogP contribution in [0.2, 0.25) is 0 Å². The Balaban J connectivity index is 1.74. The number of para-hydroxylation sites is 1. The molecule has 6 heteroatoms. The highest BCUT2D eigenvalue weighted by Gasteiger charge is 2.34. The van der Waals surface area contributed by atoms with Crippen LogP contribution in [0.25, 0.3) is 11.6 Å². The Kier molecular flexibility index (Phi) is 4.87. The molecule has 2 aromatic rings. The van der Waals surface area contributed by atoms with Gasteiger partial charge in [0.1, 0.15) is 5.82 Å². The lowest BCUT2D eigenvalue weighted by atomic mass is 9.88. The number of halogens is 1. The van der Waals surface area contributed by atoms with E-state index in [9.17, 15) is 9.18 Å². The Hall–Kier alpha value is -2.44. The van der Waals surface area contributed by atoms with Crippen LogP contribution in [-0.4, -0.2) is 22.8 Å². The van der Waals surface area contributed by atoms with Crippen LogP contribution in [0, 0.1) is 5.82 Å². The molecule has 0 N–H and O–H groups in total. The second-order valence-corrected chi connectivity index (χ2v) is 9.46. The third-order valence-electron chi connectivity index (χ3n) is 5.43.